The van der Waals surface area contributed by atoms with Crippen LogP contribution in [0.25, 0.3) is 0 Å². The molecule has 19 heavy (non-hydrogen) atoms. The molecule has 104 valence electrons. The van der Waals surface area contributed by atoms with E-state index in [0.717, 1.165) is 30.6 Å². The zero-order valence-corrected chi connectivity index (χ0v) is 12.9. The average Bonchev–Trinajstić information content (AvgIpc) is 2.89. The maximum absolute atomic E-state index is 6.01. The van der Waals surface area contributed by atoms with E-state index in [4.69, 9.17) is 4.74 Å². The number of hydrogen-bond donors (Lipinski definition) is 0. The van der Waals surface area contributed by atoms with Crippen molar-refractivity contribution in [1.29, 1.82) is 0 Å². The normalized spacial score (nSPS) is 38.5. The minimum absolute atomic E-state index is 0.321. The summed E-state index contributed by atoms with van der Waals surface area (Å²) in [6.45, 7) is 7.28. The van der Waals surface area contributed by atoms with Crippen LogP contribution in [0.2, 0.25) is 0 Å². The zero-order chi connectivity index (χ0) is 13.5. The van der Waals surface area contributed by atoms with Crippen LogP contribution in [0.3, 0.4) is 0 Å². The Labute approximate surface area is 119 Å². The Kier molecular flexibility index (Phi) is 3.42. The SMILES string of the molecule is CC1[C@@H](C)CC=C2C[C@@H](Oc3cscn3)CC[C@@]21C. The molecule has 0 radical (unpaired) electrons. The molecule has 1 aromatic rings. The monoisotopic (exact) mass is 277 g/mol. The molecule has 3 heteroatoms. The van der Waals surface area contributed by atoms with Crippen molar-refractivity contribution < 1.29 is 4.74 Å². The molecule has 0 aliphatic heterocycles. The van der Waals surface area contributed by atoms with E-state index in [1.807, 2.05) is 10.9 Å². The molecule has 1 heterocycles. The van der Waals surface area contributed by atoms with Crippen molar-refractivity contribution in [2.24, 2.45) is 17.3 Å². The number of aromatic nitrogens is 1. The number of ether oxygens (including phenoxy) is 1. The van der Waals surface area contributed by atoms with Gasteiger partial charge in [0.25, 0.3) is 0 Å². The Hall–Kier alpha value is -0.830. The van der Waals surface area contributed by atoms with Gasteiger partial charge in [-0.3, -0.25) is 0 Å². The fourth-order valence-corrected chi connectivity index (χ4v) is 4.19. The van der Waals surface area contributed by atoms with E-state index in [0.29, 0.717) is 11.5 Å². The van der Waals surface area contributed by atoms with E-state index < -0.39 is 0 Å². The van der Waals surface area contributed by atoms with Crippen molar-refractivity contribution in [3.05, 3.63) is 22.5 Å². The summed E-state index contributed by atoms with van der Waals surface area (Å²) in [6.07, 6.45) is 7.53. The zero-order valence-electron chi connectivity index (χ0n) is 12.1. The predicted molar refractivity (Wildman–Crippen MR) is 79.5 cm³/mol. The minimum atomic E-state index is 0.321. The highest BCUT2D eigenvalue weighted by molar-refractivity contribution is 7.07. The van der Waals surface area contributed by atoms with Crippen LogP contribution in [0.5, 0.6) is 5.88 Å². The van der Waals surface area contributed by atoms with Crippen LogP contribution in [0, 0.1) is 17.3 Å². The molecule has 2 aliphatic rings. The van der Waals surface area contributed by atoms with Crippen LogP contribution in [0.1, 0.15) is 46.5 Å². The first-order chi connectivity index (χ1) is 9.09. The summed E-state index contributed by atoms with van der Waals surface area (Å²) in [5.74, 6) is 2.40. The van der Waals surface area contributed by atoms with Gasteiger partial charge >= 0.3 is 0 Å². The van der Waals surface area contributed by atoms with Gasteiger partial charge in [-0.05, 0) is 36.5 Å². The molecule has 4 atom stereocenters. The summed E-state index contributed by atoms with van der Waals surface area (Å²) in [5, 5.41) is 1.99. The molecule has 1 aromatic heterocycles. The van der Waals surface area contributed by atoms with Crippen molar-refractivity contribution in [2.75, 3.05) is 0 Å². The second kappa shape index (κ2) is 4.93. The van der Waals surface area contributed by atoms with Gasteiger partial charge in [0.05, 0.1) is 10.9 Å². The summed E-state index contributed by atoms with van der Waals surface area (Å²) in [7, 11) is 0. The number of nitrogens with zero attached hydrogens (tertiary/aromatic N) is 1. The highest BCUT2D eigenvalue weighted by atomic mass is 32.1. The van der Waals surface area contributed by atoms with Crippen molar-refractivity contribution >= 4 is 11.3 Å². The lowest BCUT2D eigenvalue weighted by Gasteiger charge is -2.48. The molecule has 1 unspecified atom stereocenters. The van der Waals surface area contributed by atoms with Crippen LogP contribution < -0.4 is 4.74 Å². The Bertz CT molecular complexity index is 467. The van der Waals surface area contributed by atoms with E-state index in [2.05, 4.69) is 31.8 Å². The molecule has 2 nitrogen and oxygen atoms in total. The van der Waals surface area contributed by atoms with Gasteiger partial charge in [-0.2, -0.15) is 0 Å². The molecular formula is C16H23NOS. The molecule has 0 N–H and O–H groups in total. The second-order valence-corrected chi connectivity index (χ2v) is 7.18. The third-order valence-electron chi connectivity index (χ3n) is 5.46. The second-order valence-electron chi connectivity index (χ2n) is 6.46. The molecule has 3 rings (SSSR count). The predicted octanol–water partition coefficient (Wildman–Crippen LogP) is 4.68. The fourth-order valence-electron chi connectivity index (χ4n) is 3.73. The molecular weight excluding hydrogens is 254 g/mol. The first kappa shape index (κ1) is 13.2. The quantitative estimate of drug-likeness (QED) is 0.732. The van der Waals surface area contributed by atoms with Gasteiger partial charge in [-0.25, -0.2) is 4.98 Å². The largest absolute Gasteiger partial charge is 0.473 e. The number of hydrogen-bond acceptors (Lipinski definition) is 3. The molecule has 0 spiro atoms. The summed E-state index contributed by atoms with van der Waals surface area (Å²) >= 11 is 1.60. The van der Waals surface area contributed by atoms with Gasteiger partial charge in [0.15, 0.2) is 0 Å². The molecule has 1 fully saturated rings. The first-order valence-corrected chi connectivity index (χ1v) is 8.28. The van der Waals surface area contributed by atoms with E-state index in [-0.39, 0.29) is 0 Å². The van der Waals surface area contributed by atoms with Crippen LogP contribution in [-0.4, -0.2) is 11.1 Å². The summed E-state index contributed by atoms with van der Waals surface area (Å²) in [4.78, 5) is 4.24. The fraction of sp³-hybridized carbons (Fsp3) is 0.688. The smallest absolute Gasteiger partial charge is 0.224 e. The van der Waals surface area contributed by atoms with E-state index in [9.17, 15) is 0 Å². The highest BCUT2D eigenvalue weighted by Gasteiger charge is 2.43. The lowest BCUT2D eigenvalue weighted by molar-refractivity contribution is 0.0732. The molecule has 0 bridgehead atoms. The number of thiazole rings is 1. The molecule has 1 saturated carbocycles. The average molecular weight is 277 g/mol. The van der Waals surface area contributed by atoms with Gasteiger partial charge in [-0.15, -0.1) is 11.3 Å². The Balaban J connectivity index is 1.74. The van der Waals surface area contributed by atoms with Crippen LogP contribution in [0.15, 0.2) is 22.5 Å². The summed E-state index contributed by atoms with van der Waals surface area (Å²) < 4.78 is 6.01. The van der Waals surface area contributed by atoms with Gasteiger partial charge in [0.1, 0.15) is 6.10 Å². The maximum Gasteiger partial charge on any atom is 0.224 e. The molecule has 0 aromatic carbocycles. The van der Waals surface area contributed by atoms with Gasteiger partial charge in [0, 0.05) is 6.42 Å². The van der Waals surface area contributed by atoms with E-state index in [1.54, 1.807) is 16.9 Å². The van der Waals surface area contributed by atoms with Crippen LogP contribution in [-0.2, 0) is 0 Å². The summed E-state index contributed by atoms with van der Waals surface area (Å²) in [5.41, 5.74) is 3.87. The molecule has 0 amide bonds. The lowest BCUT2D eigenvalue weighted by atomic mass is 9.57. The number of allylic oxidation sites excluding steroid dienone is 1. The molecule has 2 aliphatic carbocycles. The third kappa shape index (κ3) is 2.33. The van der Waals surface area contributed by atoms with Crippen LogP contribution >= 0.6 is 11.3 Å². The van der Waals surface area contributed by atoms with Crippen molar-refractivity contribution in [3.63, 3.8) is 0 Å². The Morgan fingerprint density at radius 2 is 2.26 bits per heavy atom. The third-order valence-corrected chi connectivity index (χ3v) is 6.02. The van der Waals surface area contributed by atoms with Crippen molar-refractivity contribution in [2.45, 2.75) is 52.6 Å². The van der Waals surface area contributed by atoms with E-state index in [1.165, 1.54) is 12.8 Å². The summed E-state index contributed by atoms with van der Waals surface area (Å²) in [6, 6.07) is 0. The van der Waals surface area contributed by atoms with E-state index >= 15 is 0 Å². The topological polar surface area (TPSA) is 22.1 Å². The molecule has 0 saturated heterocycles. The minimum Gasteiger partial charge on any atom is -0.473 e. The van der Waals surface area contributed by atoms with Crippen molar-refractivity contribution in [3.8, 4) is 5.88 Å². The number of rotatable bonds is 2. The lowest BCUT2D eigenvalue weighted by Crippen LogP contribution is -2.41. The Morgan fingerprint density at radius 3 is 3.00 bits per heavy atom. The maximum atomic E-state index is 6.01. The number of fused-ring (bicyclic) bond motifs is 1. The standard InChI is InChI=1S/C16H23NOS/c1-11-4-5-13-8-14(18-15-9-19-10-17-15)6-7-16(13,3)12(11)2/h5,9-12,14H,4,6-8H2,1-3H3/t11-,12?,14-,16+/m0/s1. The van der Waals surface area contributed by atoms with Gasteiger partial charge in [-0.1, -0.05) is 32.4 Å². The van der Waals surface area contributed by atoms with Gasteiger partial charge in [0.2, 0.25) is 5.88 Å². The first-order valence-electron chi connectivity index (χ1n) is 7.34. The van der Waals surface area contributed by atoms with Crippen molar-refractivity contribution in [1.82, 2.24) is 4.98 Å². The van der Waals surface area contributed by atoms with Gasteiger partial charge < -0.3 is 4.74 Å². The van der Waals surface area contributed by atoms with Crippen LogP contribution in [0.4, 0.5) is 0 Å². The Morgan fingerprint density at radius 1 is 1.42 bits per heavy atom. The highest BCUT2D eigenvalue weighted by Crippen LogP contribution is 2.52.